The molecule has 0 aromatic heterocycles. The van der Waals surface area contributed by atoms with Crippen molar-refractivity contribution in [2.75, 3.05) is 0 Å². The minimum Gasteiger partial charge on any atom is -0.294 e. The normalized spacial score (nSPS) is 17.8. The molecule has 2 aromatic rings. The van der Waals surface area contributed by atoms with Gasteiger partial charge in [0.25, 0.3) is 0 Å². The van der Waals surface area contributed by atoms with Crippen LogP contribution in [0.15, 0.2) is 40.9 Å². The van der Waals surface area contributed by atoms with Crippen LogP contribution in [0.5, 0.6) is 0 Å². The summed E-state index contributed by atoms with van der Waals surface area (Å²) in [6, 6.07) is 12.1. The highest BCUT2D eigenvalue weighted by Crippen LogP contribution is 2.41. The Balaban J connectivity index is 2.15. The number of rotatable bonds is 2. The van der Waals surface area contributed by atoms with E-state index in [-0.39, 0.29) is 5.41 Å². The van der Waals surface area contributed by atoms with Gasteiger partial charge in [0.05, 0.1) is 0 Å². The molecule has 0 N–H and O–H groups in total. The number of hydrogen-bond donors (Lipinski definition) is 0. The summed E-state index contributed by atoms with van der Waals surface area (Å²) < 4.78 is 1.05. The van der Waals surface area contributed by atoms with Crippen molar-refractivity contribution in [1.29, 1.82) is 0 Å². The van der Waals surface area contributed by atoms with Gasteiger partial charge in [0.15, 0.2) is 5.78 Å². The Kier molecular flexibility index (Phi) is 3.22. The molecule has 0 spiro atoms. The zero-order valence-corrected chi connectivity index (χ0v) is 12.7. The van der Waals surface area contributed by atoms with Gasteiger partial charge in [-0.2, -0.15) is 0 Å². The summed E-state index contributed by atoms with van der Waals surface area (Å²) in [6.07, 6.45) is 4.40. The molecular formula is C17H17BrO. The molecule has 0 unspecified atom stereocenters. The Labute approximate surface area is 122 Å². The Bertz CT molecular complexity index is 639. The van der Waals surface area contributed by atoms with Gasteiger partial charge in [-0.05, 0) is 35.7 Å². The van der Waals surface area contributed by atoms with Crippen molar-refractivity contribution in [3.8, 4) is 0 Å². The van der Waals surface area contributed by atoms with Gasteiger partial charge in [0.2, 0.25) is 0 Å². The van der Waals surface area contributed by atoms with Crippen LogP contribution in [0.2, 0.25) is 0 Å². The second kappa shape index (κ2) is 4.75. The SMILES string of the molecule is CC1(C(=O)c2ccc(Br)c3ccccc23)CCCC1. The number of benzene rings is 2. The van der Waals surface area contributed by atoms with Gasteiger partial charge in [-0.25, -0.2) is 0 Å². The van der Waals surface area contributed by atoms with Crippen molar-refractivity contribution in [3.05, 3.63) is 46.4 Å². The average Bonchev–Trinajstić information content (AvgIpc) is 2.87. The standard InChI is InChI=1S/C17H17BrO/c1-17(10-4-5-11-17)16(19)14-8-9-15(18)13-7-3-2-6-12(13)14/h2-3,6-9H,4-5,10-11H2,1H3. The van der Waals surface area contributed by atoms with Crippen LogP contribution >= 0.6 is 15.9 Å². The number of carbonyl (C=O) groups excluding carboxylic acids is 1. The molecule has 0 atom stereocenters. The molecule has 2 heteroatoms. The van der Waals surface area contributed by atoms with Crippen LogP contribution in [0.4, 0.5) is 0 Å². The number of halogens is 1. The predicted octanol–water partition coefficient (Wildman–Crippen LogP) is 5.37. The van der Waals surface area contributed by atoms with Gasteiger partial charge in [-0.3, -0.25) is 4.79 Å². The fraction of sp³-hybridized carbons (Fsp3) is 0.353. The maximum atomic E-state index is 12.9. The predicted molar refractivity (Wildman–Crippen MR) is 82.6 cm³/mol. The highest BCUT2D eigenvalue weighted by atomic mass is 79.9. The molecule has 0 radical (unpaired) electrons. The fourth-order valence-electron chi connectivity index (χ4n) is 3.17. The van der Waals surface area contributed by atoms with E-state index in [0.29, 0.717) is 5.78 Å². The monoisotopic (exact) mass is 316 g/mol. The maximum Gasteiger partial charge on any atom is 0.169 e. The zero-order chi connectivity index (χ0) is 13.5. The van der Waals surface area contributed by atoms with Gasteiger partial charge in [-0.15, -0.1) is 0 Å². The molecule has 2 aromatic carbocycles. The summed E-state index contributed by atoms with van der Waals surface area (Å²) in [5, 5.41) is 2.19. The van der Waals surface area contributed by atoms with Gasteiger partial charge in [0.1, 0.15) is 0 Å². The molecule has 3 rings (SSSR count). The molecule has 1 aliphatic carbocycles. The molecular weight excluding hydrogens is 300 g/mol. The molecule has 98 valence electrons. The second-order valence-corrected chi connectivity index (χ2v) is 6.59. The van der Waals surface area contributed by atoms with Gasteiger partial charge >= 0.3 is 0 Å². The number of Topliss-reactive ketones (excluding diaryl/α,β-unsaturated/α-hetero) is 1. The summed E-state index contributed by atoms with van der Waals surface area (Å²) in [4.78, 5) is 12.9. The van der Waals surface area contributed by atoms with E-state index in [4.69, 9.17) is 0 Å². The lowest BCUT2D eigenvalue weighted by atomic mass is 9.79. The number of hydrogen-bond acceptors (Lipinski definition) is 1. The van der Waals surface area contributed by atoms with E-state index in [1.165, 1.54) is 12.8 Å². The van der Waals surface area contributed by atoms with E-state index < -0.39 is 0 Å². The largest absolute Gasteiger partial charge is 0.294 e. The quantitative estimate of drug-likeness (QED) is 0.681. The van der Waals surface area contributed by atoms with Gasteiger partial charge in [0, 0.05) is 15.5 Å². The molecule has 0 heterocycles. The van der Waals surface area contributed by atoms with Crippen LogP contribution in [-0.2, 0) is 0 Å². The lowest BCUT2D eigenvalue weighted by molar-refractivity contribution is 0.0825. The first-order chi connectivity index (χ1) is 9.12. The minimum absolute atomic E-state index is 0.156. The number of fused-ring (bicyclic) bond motifs is 1. The highest BCUT2D eigenvalue weighted by Gasteiger charge is 2.37. The van der Waals surface area contributed by atoms with Crippen molar-refractivity contribution in [2.24, 2.45) is 5.41 Å². The van der Waals surface area contributed by atoms with Crippen LogP contribution < -0.4 is 0 Å². The van der Waals surface area contributed by atoms with Crippen LogP contribution in [-0.4, -0.2) is 5.78 Å². The molecule has 0 aliphatic heterocycles. The fourth-order valence-corrected chi connectivity index (χ4v) is 3.65. The third kappa shape index (κ3) is 2.12. The molecule has 0 bridgehead atoms. The smallest absolute Gasteiger partial charge is 0.169 e. The first-order valence-corrected chi connectivity index (χ1v) is 7.63. The lowest BCUT2D eigenvalue weighted by Crippen LogP contribution is -2.24. The first-order valence-electron chi connectivity index (χ1n) is 6.84. The van der Waals surface area contributed by atoms with Crippen LogP contribution in [0.25, 0.3) is 10.8 Å². The zero-order valence-electron chi connectivity index (χ0n) is 11.1. The molecule has 19 heavy (non-hydrogen) atoms. The van der Waals surface area contributed by atoms with E-state index >= 15 is 0 Å². The van der Waals surface area contributed by atoms with Gasteiger partial charge in [-0.1, -0.05) is 60.0 Å². The van der Waals surface area contributed by atoms with Crippen LogP contribution in [0.1, 0.15) is 43.0 Å². The Hall–Kier alpha value is -1.15. The topological polar surface area (TPSA) is 17.1 Å². The third-order valence-corrected chi connectivity index (χ3v) is 5.06. The first kappa shape index (κ1) is 12.9. The molecule has 1 saturated carbocycles. The Morgan fingerprint density at radius 3 is 2.37 bits per heavy atom. The van der Waals surface area contributed by atoms with E-state index in [9.17, 15) is 4.79 Å². The average molecular weight is 317 g/mol. The lowest BCUT2D eigenvalue weighted by Gasteiger charge is -2.22. The third-order valence-electron chi connectivity index (χ3n) is 4.37. The van der Waals surface area contributed by atoms with Gasteiger partial charge < -0.3 is 0 Å². The second-order valence-electron chi connectivity index (χ2n) is 5.74. The maximum absolute atomic E-state index is 12.9. The Morgan fingerprint density at radius 2 is 1.68 bits per heavy atom. The van der Waals surface area contributed by atoms with Crippen molar-refractivity contribution < 1.29 is 4.79 Å². The molecule has 0 amide bonds. The van der Waals surface area contributed by atoms with E-state index in [0.717, 1.165) is 33.7 Å². The van der Waals surface area contributed by atoms with Crippen molar-refractivity contribution in [1.82, 2.24) is 0 Å². The van der Waals surface area contributed by atoms with E-state index in [2.05, 4.69) is 28.9 Å². The highest BCUT2D eigenvalue weighted by molar-refractivity contribution is 9.10. The van der Waals surface area contributed by atoms with Crippen molar-refractivity contribution >= 4 is 32.5 Å². The summed E-state index contributed by atoms with van der Waals surface area (Å²) in [5.74, 6) is 0.314. The molecule has 0 saturated heterocycles. The van der Waals surface area contributed by atoms with E-state index in [1.807, 2.05) is 30.3 Å². The van der Waals surface area contributed by atoms with Crippen molar-refractivity contribution in [2.45, 2.75) is 32.6 Å². The van der Waals surface area contributed by atoms with E-state index in [1.54, 1.807) is 0 Å². The number of carbonyl (C=O) groups is 1. The van der Waals surface area contributed by atoms with Crippen LogP contribution in [0.3, 0.4) is 0 Å². The summed E-state index contributed by atoms with van der Waals surface area (Å²) >= 11 is 3.57. The van der Waals surface area contributed by atoms with Crippen LogP contribution in [0, 0.1) is 5.41 Å². The minimum atomic E-state index is -0.156. The number of ketones is 1. The molecule has 1 nitrogen and oxygen atoms in total. The summed E-state index contributed by atoms with van der Waals surface area (Å²) in [7, 11) is 0. The molecule has 1 fully saturated rings. The molecule has 1 aliphatic rings. The Morgan fingerprint density at radius 1 is 1.05 bits per heavy atom. The summed E-state index contributed by atoms with van der Waals surface area (Å²) in [5.41, 5.74) is 0.722. The van der Waals surface area contributed by atoms with Crippen molar-refractivity contribution in [3.63, 3.8) is 0 Å². The summed E-state index contributed by atoms with van der Waals surface area (Å²) in [6.45, 7) is 2.12.